The van der Waals surface area contributed by atoms with Crippen LogP contribution in [-0.2, 0) is 6.42 Å². The Hall–Kier alpha value is -3.21. The molecule has 0 bridgehead atoms. The molecule has 4 rings (SSSR count). The van der Waals surface area contributed by atoms with Gasteiger partial charge < -0.3 is 10.2 Å². The molecule has 0 saturated heterocycles. The largest absolute Gasteiger partial charge is 0.340 e. The highest BCUT2D eigenvalue weighted by molar-refractivity contribution is 6.05. The van der Waals surface area contributed by atoms with E-state index in [9.17, 15) is 4.79 Å². The van der Waals surface area contributed by atoms with Crippen molar-refractivity contribution < 1.29 is 4.79 Å². The second-order valence-electron chi connectivity index (χ2n) is 6.42. The van der Waals surface area contributed by atoms with Crippen molar-refractivity contribution in [3.63, 3.8) is 0 Å². The molecule has 1 N–H and O–H groups in total. The number of aryl methyl sites for hydroxylation is 2. The maximum Gasteiger partial charge on any atom is 0.277 e. The van der Waals surface area contributed by atoms with Gasteiger partial charge in [0.2, 0.25) is 0 Å². The number of para-hydroxylation sites is 2. The van der Waals surface area contributed by atoms with Crippen LogP contribution in [0.5, 0.6) is 0 Å². The number of amides is 1. The summed E-state index contributed by atoms with van der Waals surface area (Å²) in [7, 11) is 0. The van der Waals surface area contributed by atoms with Gasteiger partial charge in [0.15, 0.2) is 0 Å². The molecule has 1 aliphatic heterocycles. The van der Waals surface area contributed by atoms with Gasteiger partial charge in [-0.1, -0.05) is 36.4 Å². The number of anilines is 3. The van der Waals surface area contributed by atoms with Crippen molar-refractivity contribution in [3.05, 3.63) is 77.7 Å². The Morgan fingerprint density at radius 3 is 2.77 bits per heavy atom. The van der Waals surface area contributed by atoms with Crippen molar-refractivity contribution >= 4 is 23.1 Å². The maximum absolute atomic E-state index is 13.0. The molecule has 2 heterocycles. The third kappa shape index (κ3) is 3.16. The topological polar surface area (TPSA) is 58.1 Å². The third-order valence-corrected chi connectivity index (χ3v) is 4.65. The first kappa shape index (κ1) is 16.3. The number of nitrogens with zero attached hydrogens (tertiary/aromatic N) is 3. The van der Waals surface area contributed by atoms with Crippen LogP contribution in [0.15, 0.2) is 60.9 Å². The van der Waals surface area contributed by atoms with Crippen LogP contribution in [0, 0.1) is 6.92 Å². The summed E-state index contributed by atoms with van der Waals surface area (Å²) < 4.78 is 0. The Kier molecular flexibility index (Phi) is 4.35. The summed E-state index contributed by atoms with van der Waals surface area (Å²) in [6, 6.07) is 17.7. The van der Waals surface area contributed by atoms with Crippen molar-refractivity contribution in [3.8, 4) is 0 Å². The zero-order valence-electron chi connectivity index (χ0n) is 14.6. The van der Waals surface area contributed by atoms with E-state index < -0.39 is 0 Å². The second-order valence-corrected chi connectivity index (χ2v) is 6.42. The van der Waals surface area contributed by atoms with Crippen LogP contribution in [0.1, 0.15) is 28.0 Å². The lowest BCUT2D eigenvalue weighted by Gasteiger charge is -2.29. The minimum atomic E-state index is -0.0904. The lowest BCUT2D eigenvalue weighted by molar-refractivity contribution is 0.0980. The Balaban J connectivity index is 1.61. The third-order valence-electron chi connectivity index (χ3n) is 4.65. The normalized spacial score (nSPS) is 13.2. The molecule has 1 aromatic heterocycles. The number of aromatic nitrogens is 2. The van der Waals surface area contributed by atoms with Gasteiger partial charge in [-0.3, -0.25) is 4.79 Å². The Labute approximate surface area is 152 Å². The number of carbonyl (C=O) groups is 1. The first-order valence-corrected chi connectivity index (χ1v) is 8.77. The Morgan fingerprint density at radius 2 is 1.88 bits per heavy atom. The molecule has 1 amide bonds. The SMILES string of the molecule is Cc1ccccc1Nc1cc(C(=O)N2CCCc3ccccc32)ncn1. The number of carbonyl (C=O) groups excluding carboxylic acids is 1. The number of nitrogens with one attached hydrogen (secondary N) is 1. The van der Waals surface area contributed by atoms with E-state index in [2.05, 4.69) is 21.4 Å². The summed E-state index contributed by atoms with van der Waals surface area (Å²) in [6.07, 6.45) is 3.40. The predicted molar refractivity (Wildman–Crippen MR) is 103 cm³/mol. The molecule has 0 aliphatic carbocycles. The van der Waals surface area contributed by atoms with Crippen molar-refractivity contribution in [2.24, 2.45) is 0 Å². The standard InChI is InChI=1S/C21H20N4O/c1-15-7-2-4-10-17(15)24-20-13-18(22-14-23-20)21(26)25-12-6-9-16-8-3-5-11-19(16)25/h2-5,7-8,10-11,13-14H,6,9,12H2,1H3,(H,22,23,24). The summed E-state index contributed by atoms with van der Waals surface area (Å²) in [5, 5.41) is 3.27. The zero-order valence-corrected chi connectivity index (χ0v) is 14.6. The fourth-order valence-electron chi connectivity index (χ4n) is 3.28. The highest BCUT2D eigenvalue weighted by Crippen LogP contribution is 2.28. The van der Waals surface area contributed by atoms with E-state index in [1.165, 1.54) is 11.9 Å². The summed E-state index contributed by atoms with van der Waals surface area (Å²) >= 11 is 0. The van der Waals surface area contributed by atoms with E-state index in [0.29, 0.717) is 18.1 Å². The van der Waals surface area contributed by atoms with Crippen LogP contribution in [0.4, 0.5) is 17.2 Å². The van der Waals surface area contributed by atoms with Crippen molar-refractivity contribution in [2.45, 2.75) is 19.8 Å². The molecule has 0 atom stereocenters. The number of hydrogen-bond acceptors (Lipinski definition) is 4. The fourth-order valence-corrected chi connectivity index (χ4v) is 3.28. The Bertz CT molecular complexity index is 954. The highest BCUT2D eigenvalue weighted by atomic mass is 16.2. The van der Waals surface area contributed by atoms with Gasteiger partial charge in [0.1, 0.15) is 17.8 Å². The van der Waals surface area contributed by atoms with Gasteiger partial charge in [-0.2, -0.15) is 0 Å². The van der Waals surface area contributed by atoms with Gasteiger partial charge in [-0.25, -0.2) is 9.97 Å². The second kappa shape index (κ2) is 6.96. The molecule has 3 aromatic rings. The summed E-state index contributed by atoms with van der Waals surface area (Å²) in [4.78, 5) is 23.3. The average Bonchev–Trinajstić information content (AvgIpc) is 2.69. The van der Waals surface area contributed by atoms with E-state index in [-0.39, 0.29) is 5.91 Å². The van der Waals surface area contributed by atoms with Gasteiger partial charge in [-0.05, 0) is 43.0 Å². The van der Waals surface area contributed by atoms with Gasteiger partial charge in [0, 0.05) is 24.0 Å². The van der Waals surface area contributed by atoms with E-state index in [4.69, 9.17) is 0 Å². The molecule has 26 heavy (non-hydrogen) atoms. The van der Waals surface area contributed by atoms with Gasteiger partial charge in [0.25, 0.3) is 5.91 Å². The number of fused-ring (bicyclic) bond motifs is 1. The molecular formula is C21H20N4O. The molecular weight excluding hydrogens is 324 g/mol. The van der Waals surface area contributed by atoms with Crippen molar-refractivity contribution in [2.75, 3.05) is 16.8 Å². The molecule has 130 valence electrons. The smallest absolute Gasteiger partial charge is 0.277 e. The fraction of sp³-hybridized carbons (Fsp3) is 0.190. The van der Waals surface area contributed by atoms with E-state index in [1.54, 1.807) is 6.07 Å². The molecule has 0 saturated carbocycles. The van der Waals surface area contributed by atoms with E-state index in [0.717, 1.165) is 29.8 Å². The highest BCUT2D eigenvalue weighted by Gasteiger charge is 2.24. The molecule has 2 aromatic carbocycles. The number of benzene rings is 2. The molecule has 5 heteroatoms. The van der Waals surface area contributed by atoms with Crippen LogP contribution in [-0.4, -0.2) is 22.4 Å². The van der Waals surface area contributed by atoms with Crippen LogP contribution < -0.4 is 10.2 Å². The van der Waals surface area contributed by atoms with Crippen LogP contribution in [0.3, 0.4) is 0 Å². The summed E-state index contributed by atoms with van der Waals surface area (Å²) in [5.74, 6) is 0.523. The number of rotatable bonds is 3. The van der Waals surface area contributed by atoms with Crippen molar-refractivity contribution in [1.29, 1.82) is 0 Å². The first-order valence-electron chi connectivity index (χ1n) is 8.77. The van der Waals surface area contributed by atoms with Crippen LogP contribution in [0.2, 0.25) is 0 Å². The molecule has 1 aliphatic rings. The lowest BCUT2D eigenvalue weighted by Crippen LogP contribution is -2.36. The summed E-state index contributed by atoms with van der Waals surface area (Å²) in [5.41, 5.74) is 4.67. The lowest BCUT2D eigenvalue weighted by atomic mass is 10.0. The zero-order chi connectivity index (χ0) is 17.9. The van der Waals surface area contributed by atoms with Gasteiger partial charge in [0.05, 0.1) is 0 Å². The first-order chi connectivity index (χ1) is 12.7. The minimum Gasteiger partial charge on any atom is -0.340 e. The average molecular weight is 344 g/mol. The van der Waals surface area contributed by atoms with Crippen LogP contribution in [0.25, 0.3) is 0 Å². The minimum absolute atomic E-state index is 0.0904. The number of hydrogen-bond donors (Lipinski definition) is 1. The molecule has 0 unspecified atom stereocenters. The molecule has 0 radical (unpaired) electrons. The monoisotopic (exact) mass is 344 g/mol. The quantitative estimate of drug-likeness (QED) is 0.776. The summed E-state index contributed by atoms with van der Waals surface area (Å²) in [6.45, 7) is 2.74. The molecule has 0 fully saturated rings. The van der Waals surface area contributed by atoms with Crippen LogP contribution >= 0.6 is 0 Å². The van der Waals surface area contributed by atoms with Gasteiger partial charge in [-0.15, -0.1) is 0 Å². The Morgan fingerprint density at radius 1 is 1.08 bits per heavy atom. The molecule has 0 spiro atoms. The predicted octanol–water partition coefficient (Wildman–Crippen LogP) is 4.12. The molecule has 5 nitrogen and oxygen atoms in total. The maximum atomic E-state index is 13.0. The van der Waals surface area contributed by atoms with Crippen molar-refractivity contribution in [1.82, 2.24) is 9.97 Å². The van der Waals surface area contributed by atoms with E-state index >= 15 is 0 Å². The van der Waals surface area contributed by atoms with E-state index in [1.807, 2.05) is 54.3 Å². The van der Waals surface area contributed by atoms with Gasteiger partial charge >= 0.3 is 0 Å².